The van der Waals surface area contributed by atoms with Crippen molar-refractivity contribution < 1.29 is 9.21 Å². The Morgan fingerprint density at radius 1 is 1.11 bits per heavy atom. The van der Waals surface area contributed by atoms with E-state index in [9.17, 15) is 4.79 Å². The number of pyridine rings is 1. The van der Waals surface area contributed by atoms with Crippen LogP contribution in [0.2, 0.25) is 0 Å². The summed E-state index contributed by atoms with van der Waals surface area (Å²) >= 11 is 0. The first-order valence-corrected chi connectivity index (χ1v) is 6.09. The Bertz CT molecular complexity index is 704. The minimum atomic E-state index is 0.612. The second-order valence-electron chi connectivity index (χ2n) is 4.31. The molecule has 1 aromatic carbocycles. The van der Waals surface area contributed by atoms with Gasteiger partial charge in [0.15, 0.2) is 11.5 Å². The molecule has 94 valence electrons. The lowest BCUT2D eigenvalue weighted by molar-refractivity contribution is 0.112. The molecule has 0 unspecified atom stereocenters. The van der Waals surface area contributed by atoms with Gasteiger partial charge in [-0.3, -0.25) is 9.78 Å². The Morgan fingerprint density at radius 3 is 2.74 bits per heavy atom. The number of rotatable bonds is 4. The maximum absolute atomic E-state index is 10.7. The molecule has 0 fully saturated rings. The first kappa shape index (κ1) is 11.6. The van der Waals surface area contributed by atoms with Gasteiger partial charge in [-0.1, -0.05) is 0 Å². The minimum absolute atomic E-state index is 0.612. The number of carbonyl (C=O) groups is 1. The summed E-state index contributed by atoms with van der Waals surface area (Å²) in [6.45, 7) is 0. The standard InChI is InChI=1S/C15H12N2O2/c18-10-12-1-3-14-13(9-12)17-15(19-14)4-2-11-5-7-16-8-6-11/h1,3,5-10H,2,4H2. The molecule has 0 aliphatic heterocycles. The number of fused-ring (bicyclic) bond motifs is 1. The molecular weight excluding hydrogens is 240 g/mol. The smallest absolute Gasteiger partial charge is 0.195 e. The largest absolute Gasteiger partial charge is 0.441 e. The van der Waals surface area contributed by atoms with Gasteiger partial charge in [-0.05, 0) is 42.3 Å². The van der Waals surface area contributed by atoms with Crippen LogP contribution in [0, 0.1) is 0 Å². The number of benzene rings is 1. The molecule has 4 heteroatoms. The SMILES string of the molecule is O=Cc1ccc2oc(CCc3ccncc3)nc2c1. The molecule has 0 radical (unpaired) electrons. The minimum Gasteiger partial charge on any atom is -0.441 e. The molecule has 0 spiro atoms. The van der Waals surface area contributed by atoms with Gasteiger partial charge >= 0.3 is 0 Å². The van der Waals surface area contributed by atoms with E-state index < -0.39 is 0 Å². The summed E-state index contributed by atoms with van der Waals surface area (Å²) in [5.74, 6) is 0.690. The Hall–Kier alpha value is -2.49. The summed E-state index contributed by atoms with van der Waals surface area (Å²) in [6, 6.07) is 9.21. The van der Waals surface area contributed by atoms with Gasteiger partial charge in [-0.2, -0.15) is 0 Å². The molecule has 0 atom stereocenters. The van der Waals surface area contributed by atoms with Gasteiger partial charge in [0.1, 0.15) is 11.8 Å². The number of aryl methyl sites for hydroxylation is 2. The normalized spacial score (nSPS) is 10.7. The molecule has 19 heavy (non-hydrogen) atoms. The highest BCUT2D eigenvalue weighted by Crippen LogP contribution is 2.17. The van der Waals surface area contributed by atoms with Crippen molar-refractivity contribution in [3.63, 3.8) is 0 Å². The van der Waals surface area contributed by atoms with E-state index in [0.29, 0.717) is 11.5 Å². The Balaban J connectivity index is 1.80. The topological polar surface area (TPSA) is 56.0 Å². The van der Waals surface area contributed by atoms with E-state index in [0.717, 1.165) is 30.2 Å². The number of oxazole rings is 1. The number of aldehydes is 1. The molecule has 0 bridgehead atoms. The Labute approximate surface area is 110 Å². The lowest BCUT2D eigenvalue weighted by Crippen LogP contribution is -1.91. The highest BCUT2D eigenvalue weighted by molar-refractivity contribution is 5.83. The zero-order chi connectivity index (χ0) is 13.1. The molecular formula is C15H12N2O2. The van der Waals surface area contributed by atoms with E-state index in [2.05, 4.69) is 9.97 Å². The summed E-state index contributed by atoms with van der Waals surface area (Å²) in [4.78, 5) is 19.1. The van der Waals surface area contributed by atoms with Crippen LogP contribution in [0.15, 0.2) is 47.1 Å². The molecule has 0 saturated carbocycles. The van der Waals surface area contributed by atoms with Crippen LogP contribution in [0.4, 0.5) is 0 Å². The average Bonchev–Trinajstić information content (AvgIpc) is 2.88. The van der Waals surface area contributed by atoms with E-state index in [4.69, 9.17) is 4.42 Å². The third-order valence-corrected chi connectivity index (χ3v) is 2.97. The predicted octanol–water partition coefficient (Wildman–Crippen LogP) is 2.82. The van der Waals surface area contributed by atoms with Crippen molar-refractivity contribution in [1.29, 1.82) is 0 Å². The van der Waals surface area contributed by atoms with E-state index in [1.807, 2.05) is 12.1 Å². The van der Waals surface area contributed by atoms with E-state index >= 15 is 0 Å². The fraction of sp³-hybridized carbons (Fsp3) is 0.133. The lowest BCUT2D eigenvalue weighted by Gasteiger charge is -1.96. The second kappa shape index (κ2) is 5.02. The van der Waals surface area contributed by atoms with Gasteiger partial charge < -0.3 is 4.42 Å². The summed E-state index contributed by atoms with van der Waals surface area (Å²) in [6.07, 6.45) is 5.95. The number of nitrogens with zero attached hydrogens (tertiary/aromatic N) is 2. The van der Waals surface area contributed by atoms with E-state index in [1.54, 1.807) is 30.6 Å². The van der Waals surface area contributed by atoms with Crippen LogP contribution < -0.4 is 0 Å². The van der Waals surface area contributed by atoms with Crippen LogP contribution in [0.3, 0.4) is 0 Å². The van der Waals surface area contributed by atoms with Crippen LogP contribution >= 0.6 is 0 Å². The fourth-order valence-corrected chi connectivity index (χ4v) is 1.97. The Morgan fingerprint density at radius 2 is 1.95 bits per heavy atom. The van der Waals surface area contributed by atoms with Gasteiger partial charge in [-0.15, -0.1) is 0 Å². The molecule has 2 heterocycles. The highest BCUT2D eigenvalue weighted by atomic mass is 16.3. The zero-order valence-corrected chi connectivity index (χ0v) is 10.2. The molecule has 0 amide bonds. The van der Waals surface area contributed by atoms with Crippen LogP contribution in [0.1, 0.15) is 21.8 Å². The van der Waals surface area contributed by atoms with Crippen molar-refractivity contribution >= 4 is 17.4 Å². The van der Waals surface area contributed by atoms with E-state index in [1.165, 1.54) is 5.56 Å². The summed E-state index contributed by atoms with van der Waals surface area (Å²) < 4.78 is 5.65. The molecule has 2 aromatic heterocycles. The molecule has 0 saturated heterocycles. The fourth-order valence-electron chi connectivity index (χ4n) is 1.97. The van der Waals surface area contributed by atoms with Crippen molar-refractivity contribution in [3.05, 3.63) is 59.7 Å². The molecule has 3 rings (SSSR count). The lowest BCUT2D eigenvalue weighted by atomic mass is 10.1. The van der Waals surface area contributed by atoms with Gasteiger partial charge in [0, 0.05) is 24.4 Å². The molecule has 0 N–H and O–H groups in total. The van der Waals surface area contributed by atoms with Gasteiger partial charge in [0.25, 0.3) is 0 Å². The molecule has 3 aromatic rings. The van der Waals surface area contributed by atoms with Crippen LogP contribution in [0.5, 0.6) is 0 Å². The van der Waals surface area contributed by atoms with Crippen molar-refractivity contribution in [2.24, 2.45) is 0 Å². The molecule has 4 nitrogen and oxygen atoms in total. The quantitative estimate of drug-likeness (QED) is 0.670. The molecule has 0 aliphatic rings. The van der Waals surface area contributed by atoms with Crippen LogP contribution in [0.25, 0.3) is 11.1 Å². The summed E-state index contributed by atoms with van der Waals surface area (Å²) in [5, 5.41) is 0. The highest BCUT2D eigenvalue weighted by Gasteiger charge is 2.06. The first-order valence-electron chi connectivity index (χ1n) is 6.09. The third kappa shape index (κ3) is 2.52. The van der Waals surface area contributed by atoms with Crippen LogP contribution in [-0.4, -0.2) is 16.3 Å². The first-order chi connectivity index (χ1) is 9.35. The number of hydrogen-bond donors (Lipinski definition) is 0. The summed E-state index contributed by atoms with van der Waals surface area (Å²) in [5.41, 5.74) is 3.26. The number of carbonyl (C=O) groups excluding carboxylic acids is 1. The predicted molar refractivity (Wildman–Crippen MR) is 71.0 cm³/mol. The average molecular weight is 252 g/mol. The van der Waals surface area contributed by atoms with Crippen LogP contribution in [-0.2, 0) is 12.8 Å². The van der Waals surface area contributed by atoms with Gasteiger partial charge in [-0.25, -0.2) is 4.98 Å². The van der Waals surface area contributed by atoms with Crippen molar-refractivity contribution in [1.82, 2.24) is 9.97 Å². The maximum Gasteiger partial charge on any atom is 0.195 e. The molecule has 0 aliphatic carbocycles. The zero-order valence-electron chi connectivity index (χ0n) is 10.2. The second-order valence-corrected chi connectivity index (χ2v) is 4.31. The summed E-state index contributed by atoms with van der Waals surface area (Å²) in [7, 11) is 0. The van der Waals surface area contributed by atoms with E-state index in [-0.39, 0.29) is 0 Å². The number of hydrogen-bond acceptors (Lipinski definition) is 4. The van der Waals surface area contributed by atoms with Gasteiger partial charge in [0.2, 0.25) is 0 Å². The van der Waals surface area contributed by atoms with Crippen molar-refractivity contribution in [2.45, 2.75) is 12.8 Å². The van der Waals surface area contributed by atoms with Crippen molar-refractivity contribution in [2.75, 3.05) is 0 Å². The Kier molecular flexibility index (Phi) is 3.06. The maximum atomic E-state index is 10.7. The monoisotopic (exact) mass is 252 g/mol. The van der Waals surface area contributed by atoms with Gasteiger partial charge in [0.05, 0.1) is 0 Å². The third-order valence-electron chi connectivity index (χ3n) is 2.97. The van der Waals surface area contributed by atoms with Crippen molar-refractivity contribution in [3.8, 4) is 0 Å². The number of aromatic nitrogens is 2.